The number of fused-ring (bicyclic) bond motifs is 2. The number of carbonyl (C=O) groups excluding carboxylic acids is 2. The summed E-state index contributed by atoms with van der Waals surface area (Å²) in [6.07, 6.45) is 7.39. The molecule has 3 atom stereocenters. The maximum atomic E-state index is 13.0. The molecule has 1 fully saturated rings. The van der Waals surface area contributed by atoms with E-state index in [0.717, 1.165) is 11.3 Å². The van der Waals surface area contributed by atoms with Gasteiger partial charge >= 0.3 is 5.97 Å². The van der Waals surface area contributed by atoms with Crippen LogP contribution in [-0.2, 0) is 19.2 Å². The Bertz CT molecular complexity index is 1370. The molecule has 2 amide bonds. The largest absolute Gasteiger partial charge is 0.477 e. The van der Waals surface area contributed by atoms with Crippen LogP contribution >= 0.6 is 34.9 Å². The number of rotatable bonds is 8. The van der Waals surface area contributed by atoms with Crippen LogP contribution in [0, 0.1) is 0 Å². The molecule has 0 spiro atoms. The number of nitrogens with two attached hydrogens (primary N) is 1. The molecule has 0 aliphatic carbocycles. The van der Waals surface area contributed by atoms with E-state index in [0.29, 0.717) is 23.0 Å². The van der Waals surface area contributed by atoms with Crippen molar-refractivity contribution >= 4 is 75.6 Å². The lowest BCUT2D eigenvalue weighted by Crippen LogP contribution is -2.71. The van der Waals surface area contributed by atoms with Gasteiger partial charge in [0.05, 0.1) is 0 Å². The smallest absolute Gasteiger partial charge is 0.352 e. The summed E-state index contributed by atoms with van der Waals surface area (Å²) in [6, 6.07) is -0.918. The number of carboxylic acid groups (broad SMARTS) is 1. The summed E-state index contributed by atoms with van der Waals surface area (Å²) in [5, 5.41) is 20.9. The molecule has 37 heavy (non-hydrogen) atoms. The quantitative estimate of drug-likeness (QED) is 0.205. The minimum atomic E-state index is -1.19. The van der Waals surface area contributed by atoms with Gasteiger partial charge in [0.1, 0.15) is 34.8 Å². The van der Waals surface area contributed by atoms with Gasteiger partial charge in [0.15, 0.2) is 10.8 Å². The molecule has 1 saturated heterocycles. The zero-order valence-corrected chi connectivity index (χ0v) is 22.0. The van der Waals surface area contributed by atoms with Crippen LogP contribution in [0.25, 0.3) is 6.20 Å². The molecule has 0 bridgehead atoms. The molecule has 3 aliphatic rings. The molecule has 2 aromatic heterocycles. The van der Waals surface area contributed by atoms with E-state index in [1.165, 1.54) is 35.5 Å². The second kappa shape index (κ2) is 9.75. The maximum Gasteiger partial charge on any atom is 0.352 e. The SMILES string of the molecule is CO/N=C(\C(=O)N[C@@H]1C(=O)N2C(C(=O)O)=C(CSC3(C)C=Cn4ccnc4N3)CS[C@H]12)c1csc(N)n1. The third kappa shape index (κ3) is 4.67. The minimum absolute atomic E-state index is 0.0466. The van der Waals surface area contributed by atoms with E-state index in [1.807, 2.05) is 30.0 Å². The van der Waals surface area contributed by atoms with Crippen molar-refractivity contribution in [1.82, 2.24) is 24.8 Å². The zero-order chi connectivity index (χ0) is 26.3. The number of thioether (sulfide) groups is 2. The van der Waals surface area contributed by atoms with Crippen LogP contribution in [0.3, 0.4) is 0 Å². The fourth-order valence-corrected chi connectivity index (χ4v) is 7.09. The van der Waals surface area contributed by atoms with E-state index >= 15 is 0 Å². The Hall–Kier alpha value is -3.50. The fourth-order valence-electron chi connectivity index (χ4n) is 4.03. The number of hydrogen-bond donors (Lipinski definition) is 4. The van der Waals surface area contributed by atoms with Crippen LogP contribution < -0.4 is 16.4 Å². The lowest BCUT2D eigenvalue weighted by molar-refractivity contribution is -0.150. The molecule has 3 aliphatic heterocycles. The van der Waals surface area contributed by atoms with Gasteiger partial charge in [0.25, 0.3) is 11.8 Å². The van der Waals surface area contributed by atoms with E-state index in [4.69, 9.17) is 10.6 Å². The Labute approximate surface area is 223 Å². The average Bonchev–Trinajstić information content (AvgIpc) is 3.51. The Morgan fingerprint density at radius 1 is 1.49 bits per heavy atom. The number of thiazole rings is 1. The Morgan fingerprint density at radius 3 is 3.00 bits per heavy atom. The molecule has 5 heterocycles. The third-order valence-corrected chi connectivity index (χ3v) is 9.17. The van der Waals surface area contributed by atoms with Crippen molar-refractivity contribution < 1.29 is 24.3 Å². The number of nitrogen functional groups attached to an aromatic ring is 1. The van der Waals surface area contributed by atoms with Crippen LogP contribution in [0.5, 0.6) is 0 Å². The fraction of sp³-hybridized carbons (Fsp3) is 0.333. The number of nitrogens with zero attached hydrogens (tertiary/aromatic N) is 5. The van der Waals surface area contributed by atoms with Gasteiger partial charge in [-0.3, -0.25) is 19.1 Å². The van der Waals surface area contributed by atoms with E-state index in [-0.39, 0.29) is 22.2 Å². The zero-order valence-electron chi connectivity index (χ0n) is 19.6. The van der Waals surface area contributed by atoms with Gasteiger partial charge in [0.2, 0.25) is 5.95 Å². The summed E-state index contributed by atoms with van der Waals surface area (Å²) in [6.45, 7) is 1.97. The summed E-state index contributed by atoms with van der Waals surface area (Å²) in [5.74, 6) is -0.904. The topological polar surface area (TPSA) is 177 Å². The molecule has 5 N–H and O–H groups in total. The number of aromatic nitrogens is 3. The van der Waals surface area contributed by atoms with Gasteiger partial charge in [-0.15, -0.1) is 34.9 Å². The Kier molecular flexibility index (Phi) is 6.63. The minimum Gasteiger partial charge on any atom is -0.477 e. The molecular formula is C21H22N8O5S3. The van der Waals surface area contributed by atoms with Gasteiger partial charge in [0, 0.05) is 35.5 Å². The lowest BCUT2D eigenvalue weighted by atomic mass is 10.0. The molecule has 0 aromatic carbocycles. The molecule has 16 heteroatoms. The van der Waals surface area contributed by atoms with Gasteiger partial charge in [-0.25, -0.2) is 14.8 Å². The predicted molar refractivity (Wildman–Crippen MR) is 142 cm³/mol. The van der Waals surface area contributed by atoms with Gasteiger partial charge in [-0.1, -0.05) is 5.16 Å². The average molecular weight is 563 g/mol. The normalized spacial score (nSPS) is 24.6. The number of nitrogens with one attached hydrogen (secondary N) is 2. The van der Waals surface area contributed by atoms with Crippen LogP contribution in [0.4, 0.5) is 11.1 Å². The number of imidazole rings is 1. The number of hydrogen-bond acceptors (Lipinski definition) is 12. The van der Waals surface area contributed by atoms with Crippen molar-refractivity contribution in [3.63, 3.8) is 0 Å². The van der Waals surface area contributed by atoms with Crippen molar-refractivity contribution in [3.05, 3.63) is 40.8 Å². The first kappa shape index (κ1) is 25.2. The van der Waals surface area contributed by atoms with Gasteiger partial charge in [-0.2, -0.15) is 0 Å². The standard InChI is InChI=1S/C21H22N8O5S3/c1-21(3-5-28-6-4-23-20(28)26-21)37-8-10-7-35-17-13(16(31)29(17)14(10)18(32)33)25-15(30)12(27-34-2)11-9-36-19(22)24-11/h3-6,9,13,17H,7-8H2,1-2H3,(H2,22,24)(H,23,26)(H,25,30)(H,32,33)/b27-12-/t13-,17-,21?/m1/s1. The molecule has 1 unspecified atom stereocenters. The van der Waals surface area contributed by atoms with E-state index in [1.54, 1.807) is 11.6 Å². The number of carboxylic acids is 1. The van der Waals surface area contributed by atoms with Crippen molar-refractivity contribution in [3.8, 4) is 0 Å². The van der Waals surface area contributed by atoms with E-state index in [2.05, 4.69) is 25.8 Å². The summed E-state index contributed by atoms with van der Waals surface area (Å²) in [5.41, 5.74) is 6.32. The monoisotopic (exact) mass is 562 g/mol. The number of aliphatic carboxylic acids is 1. The van der Waals surface area contributed by atoms with Gasteiger partial charge < -0.3 is 26.3 Å². The molecule has 0 saturated carbocycles. The Morgan fingerprint density at radius 2 is 2.30 bits per heavy atom. The van der Waals surface area contributed by atoms with Crippen molar-refractivity contribution in [1.29, 1.82) is 0 Å². The first-order valence-electron chi connectivity index (χ1n) is 10.9. The molecule has 0 radical (unpaired) electrons. The third-order valence-electron chi connectivity index (χ3n) is 5.83. The van der Waals surface area contributed by atoms with Crippen molar-refractivity contribution in [2.45, 2.75) is 23.2 Å². The maximum absolute atomic E-state index is 13.0. The van der Waals surface area contributed by atoms with Crippen LogP contribution in [-0.4, -0.2) is 82.9 Å². The van der Waals surface area contributed by atoms with Crippen LogP contribution in [0.15, 0.2) is 40.3 Å². The van der Waals surface area contributed by atoms with Crippen molar-refractivity contribution in [2.75, 3.05) is 29.7 Å². The molecule has 5 rings (SSSR count). The van der Waals surface area contributed by atoms with Crippen LogP contribution in [0.1, 0.15) is 12.6 Å². The predicted octanol–water partition coefficient (Wildman–Crippen LogP) is 1.06. The molecular weight excluding hydrogens is 540 g/mol. The number of amides is 2. The highest BCUT2D eigenvalue weighted by Crippen LogP contribution is 2.42. The molecule has 2 aromatic rings. The number of carbonyl (C=O) groups is 3. The van der Waals surface area contributed by atoms with Crippen LogP contribution in [0.2, 0.25) is 0 Å². The Balaban J connectivity index is 1.29. The second-order valence-corrected chi connectivity index (χ2v) is 11.7. The van der Waals surface area contributed by atoms with E-state index < -0.39 is 34.1 Å². The number of β-lactam (4-membered cyclic amide) rings is 1. The first-order valence-corrected chi connectivity index (χ1v) is 13.8. The van der Waals surface area contributed by atoms with E-state index in [9.17, 15) is 19.5 Å². The highest BCUT2D eigenvalue weighted by molar-refractivity contribution is 8.01. The highest BCUT2D eigenvalue weighted by atomic mass is 32.2. The second-order valence-electron chi connectivity index (χ2n) is 8.31. The van der Waals surface area contributed by atoms with Gasteiger partial charge in [-0.05, 0) is 18.6 Å². The summed E-state index contributed by atoms with van der Waals surface area (Å²) in [4.78, 5) is 52.0. The highest BCUT2D eigenvalue weighted by Gasteiger charge is 2.54. The summed E-state index contributed by atoms with van der Waals surface area (Å²) in [7, 11) is 1.28. The molecule has 194 valence electrons. The van der Waals surface area contributed by atoms with Crippen molar-refractivity contribution in [2.24, 2.45) is 5.16 Å². The number of oxime groups is 1. The summed E-state index contributed by atoms with van der Waals surface area (Å²) >= 11 is 4.03. The first-order chi connectivity index (χ1) is 17.7. The number of anilines is 2. The molecule has 13 nitrogen and oxygen atoms in total. The lowest BCUT2D eigenvalue weighted by Gasteiger charge is -2.49. The summed E-state index contributed by atoms with van der Waals surface area (Å²) < 4.78 is 1.85.